The Hall–Kier alpha value is -4.39. The molecule has 5 aromatic rings. The third kappa shape index (κ3) is 3.74. The van der Waals surface area contributed by atoms with Gasteiger partial charge in [0.05, 0.1) is 28.0 Å². The smallest absolute Gasteiger partial charge is 0.335 e. The fourth-order valence-electron chi connectivity index (χ4n) is 3.80. The number of H-pyrrole nitrogens is 1. The van der Waals surface area contributed by atoms with Gasteiger partial charge in [-0.25, -0.2) is 9.78 Å². The number of nitrogens with one attached hydrogen (secondary N) is 1. The Balaban J connectivity index is 1.72. The van der Waals surface area contributed by atoms with Crippen LogP contribution >= 0.6 is 0 Å². The van der Waals surface area contributed by atoms with Crippen LogP contribution in [0.25, 0.3) is 28.1 Å². The molecular weight excluding hydrogens is 416 g/mol. The minimum Gasteiger partial charge on any atom is -0.478 e. The fourth-order valence-corrected chi connectivity index (χ4v) is 3.80. The number of aromatic carboxylic acids is 1. The molecule has 2 N–H and O–H groups in total. The molecule has 0 fully saturated rings. The molecule has 0 aliphatic heterocycles. The van der Waals surface area contributed by atoms with Crippen molar-refractivity contribution in [3.05, 3.63) is 89.1 Å². The molecule has 164 valence electrons. The summed E-state index contributed by atoms with van der Waals surface area (Å²) in [7, 11) is 0. The highest BCUT2D eigenvalue weighted by atomic mass is 16.5. The first kappa shape index (κ1) is 20.5. The van der Waals surface area contributed by atoms with Crippen molar-refractivity contribution in [1.82, 2.24) is 19.7 Å². The molecule has 0 saturated carbocycles. The second kappa shape index (κ2) is 7.94. The summed E-state index contributed by atoms with van der Waals surface area (Å²) in [6, 6.07) is 20.6. The molecule has 0 aliphatic rings. The Morgan fingerprint density at radius 1 is 1.00 bits per heavy atom. The monoisotopic (exact) mass is 438 g/mol. The average molecular weight is 438 g/mol. The molecule has 5 rings (SSSR count). The number of carboxylic acids is 1. The number of hydrogen-bond donors (Lipinski definition) is 2. The molecule has 0 spiro atoms. The zero-order valence-corrected chi connectivity index (χ0v) is 18.5. The van der Waals surface area contributed by atoms with Crippen LogP contribution in [0.2, 0.25) is 0 Å². The van der Waals surface area contributed by atoms with Crippen molar-refractivity contribution < 1.29 is 14.6 Å². The lowest BCUT2D eigenvalue weighted by Crippen LogP contribution is -2.01. The first-order valence-electron chi connectivity index (χ1n) is 10.5. The van der Waals surface area contributed by atoms with E-state index in [1.165, 1.54) is 0 Å². The van der Waals surface area contributed by atoms with E-state index in [4.69, 9.17) is 14.8 Å². The van der Waals surface area contributed by atoms with Gasteiger partial charge in [-0.2, -0.15) is 9.78 Å². The summed E-state index contributed by atoms with van der Waals surface area (Å²) in [5.41, 5.74) is 5.89. The van der Waals surface area contributed by atoms with E-state index in [-0.39, 0.29) is 5.56 Å². The highest BCUT2D eigenvalue weighted by Gasteiger charge is 2.24. The number of para-hydroxylation sites is 1. The van der Waals surface area contributed by atoms with Crippen LogP contribution in [0.1, 0.15) is 27.2 Å². The summed E-state index contributed by atoms with van der Waals surface area (Å²) in [6.45, 7) is 5.92. The predicted molar refractivity (Wildman–Crippen MR) is 126 cm³/mol. The molecule has 0 atom stereocenters. The van der Waals surface area contributed by atoms with Crippen molar-refractivity contribution in [1.29, 1.82) is 0 Å². The average Bonchev–Trinajstić information content (AvgIpc) is 3.36. The second-order valence-corrected chi connectivity index (χ2v) is 8.01. The number of ether oxygens (including phenoxy) is 1. The molecule has 2 heterocycles. The number of aromatic amines is 1. The van der Waals surface area contributed by atoms with Gasteiger partial charge in [0.15, 0.2) is 0 Å². The summed E-state index contributed by atoms with van der Waals surface area (Å²) >= 11 is 0. The van der Waals surface area contributed by atoms with Gasteiger partial charge in [-0.1, -0.05) is 30.3 Å². The quantitative estimate of drug-likeness (QED) is 0.360. The number of hydrogen-bond acceptors (Lipinski definition) is 4. The van der Waals surface area contributed by atoms with Crippen molar-refractivity contribution >= 4 is 17.0 Å². The zero-order chi connectivity index (χ0) is 23.1. The maximum absolute atomic E-state index is 11.4. The maximum Gasteiger partial charge on any atom is 0.335 e. The number of carbonyl (C=O) groups is 1. The van der Waals surface area contributed by atoms with Crippen molar-refractivity contribution in [3.63, 3.8) is 0 Å². The van der Waals surface area contributed by atoms with Crippen LogP contribution in [0.5, 0.6) is 11.6 Å². The number of carboxylic acid groups (broad SMARTS) is 1. The van der Waals surface area contributed by atoms with Crippen LogP contribution in [-0.2, 0) is 0 Å². The van der Waals surface area contributed by atoms with Gasteiger partial charge in [0.25, 0.3) is 0 Å². The van der Waals surface area contributed by atoms with E-state index in [2.05, 4.69) is 4.98 Å². The second-order valence-electron chi connectivity index (χ2n) is 8.01. The Kier molecular flexibility index (Phi) is 4.94. The first-order valence-corrected chi connectivity index (χ1v) is 10.5. The lowest BCUT2D eigenvalue weighted by atomic mass is 10.1. The number of nitrogens with zero attached hydrogens (tertiary/aromatic N) is 3. The van der Waals surface area contributed by atoms with Crippen LogP contribution in [0.4, 0.5) is 0 Å². The van der Waals surface area contributed by atoms with E-state index < -0.39 is 5.97 Å². The summed E-state index contributed by atoms with van der Waals surface area (Å²) in [5.74, 6) is 0.843. The van der Waals surface area contributed by atoms with Crippen LogP contribution in [0.3, 0.4) is 0 Å². The Morgan fingerprint density at radius 2 is 1.79 bits per heavy atom. The summed E-state index contributed by atoms with van der Waals surface area (Å²) in [5, 5.41) is 14.1. The molecule has 0 bridgehead atoms. The summed E-state index contributed by atoms with van der Waals surface area (Å²) in [6.07, 6.45) is 0. The van der Waals surface area contributed by atoms with Gasteiger partial charge in [-0.05, 0) is 68.3 Å². The normalized spacial score (nSPS) is 11.1. The fraction of sp³-hybridized carbons (Fsp3) is 0.115. The van der Waals surface area contributed by atoms with Crippen LogP contribution < -0.4 is 4.74 Å². The van der Waals surface area contributed by atoms with Crippen molar-refractivity contribution in [2.24, 2.45) is 0 Å². The van der Waals surface area contributed by atoms with E-state index in [0.29, 0.717) is 28.3 Å². The van der Waals surface area contributed by atoms with E-state index in [0.717, 1.165) is 28.3 Å². The molecule has 0 saturated heterocycles. The van der Waals surface area contributed by atoms with Crippen molar-refractivity contribution in [2.45, 2.75) is 20.8 Å². The molecule has 0 amide bonds. The molecule has 7 nitrogen and oxygen atoms in total. The molecule has 0 aliphatic carbocycles. The standard InChI is InChI=1S/C26H22N4O3/c1-15-9-10-16(2)22(13-15)33-25-23(17(3)29-30(25)19-7-5-4-6-8-19)24-27-20-12-11-18(26(31)32)14-21(20)28-24/h4-14H,1-3H3,(H,27,28)(H,31,32). The Morgan fingerprint density at radius 3 is 2.55 bits per heavy atom. The summed E-state index contributed by atoms with van der Waals surface area (Å²) in [4.78, 5) is 19.4. The third-order valence-corrected chi connectivity index (χ3v) is 5.53. The van der Waals surface area contributed by atoms with Crippen molar-refractivity contribution in [3.8, 4) is 28.7 Å². The minimum absolute atomic E-state index is 0.196. The molecular formula is C26H22N4O3. The van der Waals surface area contributed by atoms with E-state index in [9.17, 15) is 9.90 Å². The van der Waals surface area contributed by atoms with Gasteiger partial charge in [0.1, 0.15) is 17.1 Å². The van der Waals surface area contributed by atoms with E-state index >= 15 is 0 Å². The van der Waals surface area contributed by atoms with E-state index in [1.54, 1.807) is 22.9 Å². The maximum atomic E-state index is 11.4. The van der Waals surface area contributed by atoms with Crippen LogP contribution in [0, 0.1) is 20.8 Å². The largest absolute Gasteiger partial charge is 0.478 e. The first-order chi connectivity index (χ1) is 15.9. The molecule has 33 heavy (non-hydrogen) atoms. The Labute approximate surface area is 190 Å². The number of imidazole rings is 1. The molecule has 0 unspecified atom stereocenters. The van der Waals surface area contributed by atoms with Gasteiger partial charge >= 0.3 is 5.97 Å². The van der Waals surface area contributed by atoms with E-state index in [1.807, 2.05) is 69.3 Å². The zero-order valence-electron chi connectivity index (χ0n) is 18.5. The van der Waals surface area contributed by atoms with Gasteiger partial charge in [-0.15, -0.1) is 0 Å². The molecule has 7 heteroatoms. The number of benzene rings is 3. The molecule has 0 radical (unpaired) electrons. The van der Waals surface area contributed by atoms with Gasteiger partial charge in [-0.3, -0.25) is 0 Å². The number of rotatable bonds is 5. The summed E-state index contributed by atoms with van der Waals surface area (Å²) < 4.78 is 8.25. The SMILES string of the molecule is Cc1ccc(C)c(Oc2c(-c3nc4ccc(C(=O)O)cc4[nH]3)c(C)nn2-c2ccccc2)c1. The van der Waals surface area contributed by atoms with Gasteiger partial charge in [0, 0.05) is 0 Å². The lowest BCUT2D eigenvalue weighted by Gasteiger charge is -2.13. The predicted octanol–water partition coefficient (Wildman–Crippen LogP) is 5.83. The Bertz CT molecular complexity index is 1500. The van der Waals surface area contributed by atoms with Gasteiger partial charge in [0.2, 0.25) is 5.88 Å². The number of fused-ring (bicyclic) bond motifs is 1. The minimum atomic E-state index is -0.986. The van der Waals surface area contributed by atoms with Crippen LogP contribution in [-0.4, -0.2) is 30.8 Å². The lowest BCUT2D eigenvalue weighted by molar-refractivity contribution is 0.0697. The van der Waals surface area contributed by atoms with Gasteiger partial charge < -0.3 is 14.8 Å². The number of aromatic nitrogens is 4. The topological polar surface area (TPSA) is 93.0 Å². The molecule has 2 aromatic heterocycles. The number of aryl methyl sites for hydroxylation is 3. The van der Waals surface area contributed by atoms with Crippen LogP contribution in [0.15, 0.2) is 66.7 Å². The highest BCUT2D eigenvalue weighted by molar-refractivity contribution is 5.93. The van der Waals surface area contributed by atoms with Crippen molar-refractivity contribution in [2.75, 3.05) is 0 Å². The third-order valence-electron chi connectivity index (χ3n) is 5.53. The highest BCUT2D eigenvalue weighted by Crippen LogP contribution is 2.38. The molecule has 3 aromatic carbocycles.